The smallest absolute Gasteiger partial charge is 0.267 e. The van der Waals surface area contributed by atoms with Gasteiger partial charge in [-0.2, -0.15) is 0 Å². The number of carbonyl (C=O) groups excluding carboxylic acids is 1. The first-order valence-electron chi connectivity index (χ1n) is 5.90. The summed E-state index contributed by atoms with van der Waals surface area (Å²) in [6, 6.07) is 12.9. The molecular formula is C14H13N3O3. The Bertz CT molecular complexity index is 656. The first kappa shape index (κ1) is 13.7. The lowest BCUT2D eigenvalue weighted by Crippen LogP contribution is -2.37. The summed E-state index contributed by atoms with van der Waals surface area (Å²) in [6.45, 7) is 1.58. The van der Waals surface area contributed by atoms with Crippen LogP contribution in [0.2, 0.25) is 0 Å². The molecule has 0 fully saturated rings. The van der Waals surface area contributed by atoms with Gasteiger partial charge in [-0.05, 0) is 31.2 Å². The van der Waals surface area contributed by atoms with Crippen LogP contribution < -0.4 is 10.9 Å². The Hall–Kier alpha value is -2.73. The highest BCUT2D eigenvalue weighted by Crippen LogP contribution is 2.20. The van der Waals surface area contributed by atoms with Crippen LogP contribution in [0.15, 0.2) is 48.5 Å². The van der Waals surface area contributed by atoms with Gasteiger partial charge in [0.05, 0.1) is 10.6 Å². The summed E-state index contributed by atoms with van der Waals surface area (Å²) >= 11 is 0. The zero-order valence-electron chi connectivity index (χ0n) is 10.8. The number of hydrogen-bond donors (Lipinski definition) is 1. The Balaban J connectivity index is 2.30. The molecule has 0 aliphatic carbocycles. The van der Waals surface area contributed by atoms with Gasteiger partial charge in [0.1, 0.15) is 0 Å². The molecule has 1 amide bonds. The van der Waals surface area contributed by atoms with Gasteiger partial charge in [0, 0.05) is 17.2 Å². The first-order chi connectivity index (χ1) is 9.50. The second-order valence-electron chi connectivity index (χ2n) is 4.27. The Morgan fingerprint density at radius 3 is 2.40 bits per heavy atom. The van der Waals surface area contributed by atoms with Crippen molar-refractivity contribution in [2.75, 3.05) is 5.01 Å². The fourth-order valence-corrected chi connectivity index (χ4v) is 1.84. The predicted octanol–water partition coefficient (Wildman–Crippen LogP) is 2.42. The zero-order valence-corrected chi connectivity index (χ0v) is 10.8. The van der Waals surface area contributed by atoms with Crippen molar-refractivity contribution in [1.29, 1.82) is 0 Å². The highest BCUT2D eigenvalue weighted by molar-refractivity contribution is 6.05. The summed E-state index contributed by atoms with van der Waals surface area (Å²) < 4.78 is 0. The van der Waals surface area contributed by atoms with Gasteiger partial charge >= 0.3 is 0 Å². The summed E-state index contributed by atoms with van der Waals surface area (Å²) in [7, 11) is 0. The second kappa shape index (κ2) is 5.50. The Labute approximate surface area is 115 Å². The number of nitrogens with zero attached hydrogens (tertiary/aromatic N) is 2. The molecule has 0 bridgehead atoms. The molecule has 0 aliphatic heterocycles. The van der Waals surface area contributed by atoms with Crippen LogP contribution in [0.25, 0.3) is 0 Å². The number of anilines is 1. The summed E-state index contributed by atoms with van der Waals surface area (Å²) in [6.07, 6.45) is 0. The number of hydrogen-bond acceptors (Lipinski definition) is 4. The molecule has 0 spiro atoms. The van der Waals surface area contributed by atoms with Crippen molar-refractivity contribution in [3.63, 3.8) is 0 Å². The van der Waals surface area contributed by atoms with E-state index in [2.05, 4.69) is 0 Å². The molecule has 0 saturated carbocycles. The van der Waals surface area contributed by atoms with Crippen molar-refractivity contribution in [1.82, 2.24) is 0 Å². The Kier molecular flexibility index (Phi) is 3.76. The van der Waals surface area contributed by atoms with Crippen LogP contribution in [0.1, 0.15) is 15.9 Å². The third-order valence-corrected chi connectivity index (χ3v) is 2.89. The van der Waals surface area contributed by atoms with Crippen molar-refractivity contribution in [2.45, 2.75) is 6.92 Å². The summed E-state index contributed by atoms with van der Waals surface area (Å²) in [5.41, 5.74) is 1.25. The fraction of sp³-hybridized carbons (Fsp3) is 0.0714. The number of nitro groups is 1. The summed E-state index contributed by atoms with van der Waals surface area (Å²) in [5, 5.41) is 11.8. The van der Waals surface area contributed by atoms with Gasteiger partial charge in [0.25, 0.3) is 11.6 Å². The number of hydrazine groups is 1. The molecule has 2 aromatic carbocycles. The van der Waals surface area contributed by atoms with Crippen LogP contribution in [0.3, 0.4) is 0 Å². The average molecular weight is 271 g/mol. The molecular weight excluding hydrogens is 258 g/mol. The van der Waals surface area contributed by atoms with Gasteiger partial charge in [-0.1, -0.05) is 18.2 Å². The van der Waals surface area contributed by atoms with E-state index in [1.807, 2.05) is 6.07 Å². The molecule has 102 valence electrons. The molecule has 2 aromatic rings. The van der Waals surface area contributed by atoms with Crippen LogP contribution >= 0.6 is 0 Å². The molecule has 0 aromatic heterocycles. The first-order valence-corrected chi connectivity index (χ1v) is 5.90. The second-order valence-corrected chi connectivity index (χ2v) is 4.27. The molecule has 20 heavy (non-hydrogen) atoms. The minimum absolute atomic E-state index is 0.0233. The molecule has 0 heterocycles. The van der Waals surface area contributed by atoms with Gasteiger partial charge in [0.15, 0.2) is 0 Å². The highest BCUT2D eigenvalue weighted by Gasteiger charge is 2.17. The average Bonchev–Trinajstić information content (AvgIpc) is 2.46. The van der Waals surface area contributed by atoms with Crippen LogP contribution in [-0.2, 0) is 0 Å². The standard InChI is InChI=1S/C14H13N3O3/c1-10-9-11(7-8-13(10)17(19)20)14(18)16(15)12-5-3-2-4-6-12/h2-9H,15H2,1H3. The van der Waals surface area contributed by atoms with Gasteiger partial charge in [-0.15, -0.1) is 0 Å². The molecule has 0 radical (unpaired) electrons. The molecule has 6 heteroatoms. The van der Waals surface area contributed by atoms with Crippen molar-refractivity contribution < 1.29 is 9.72 Å². The number of aryl methyl sites for hydroxylation is 1. The number of benzene rings is 2. The number of rotatable bonds is 3. The van der Waals surface area contributed by atoms with Crippen LogP contribution in [0.4, 0.5) is 11.4 Å². The van der Waals surface area contributed by atoms with E-state index in [0.717, 1.165) is 5.01 Å². The van der Waals surface area contributed by atoms with Crippen molar-refractivity contribution in [3.8, 4) is 0 Å². The molecule has 6 nitrogen and oxygen atoms in total. The number of carbonyl (C=O) groups is 1. The zero-order chi connectivity index (χ0) is 14.7. The van der Waals surface area contributed by atoms with E-state index in [-0.39, 0.29) is 5.69 Å². The number of amides is 1. The maximum Gasteiger partial charge on any atom is 0.272 e. The highest BCUT2D eigenvalue weighted by atomic mass is 16.6. The lowest BCUT2D eigenvalue weighted by Gasteiger charge is -2.16. The maximum absolute atomic E-state index is 12.2. The van der Waals surface area contributed by atoms with E-state index in [1.165, 1.54) is 18.2 Å². The molecule has 2 N–H and O–H groups in total. The van der Waals surface area contributed by atoms with E-state index in [0.29, 0.717) is 16.8 Å². The molecule has 2 rings (SSSR count). The van der Waals surface area contributed by atoms with Gasteiger partial charge in [-0.3, -0.25) is 14.9 Å². The Morgan fingerprint density at radius 2 is 1.85 bits per heavy atom. The quantitative estimate of drug-likeness (QED) is 0.402. The fourth-order valence-electron chi connectivity index (χ4n) is 1.84. The molecule has 0 aliphatic rings. The van der Waals surface area contributed by atoms with Crippen LogP contribution in [0.5, 0.6) is 0 Å². The number of para-hydroxylation sites is 1. The summed E-state index contributed by atoms with van der Waals surface area (Å²) in [4.78, 5) is 22.5. The third kappa shape index (κ3) is 2.65. The largest absolute Gasteiger partial charge is 0.272 e. The lowest BCUT2D eigenvalue weighted by molar-refractivity contribution is -0.385. The molecule has 0 saturated heterocycles. The lowest BCUT2D eigenvalue weighted by atomic mass is 10.1. The SMILES string of the molecule is Cc1cc(C(=O)N(N)c2ccccc2)ccc1[N+](=O)[O-]. The van der Waals surface area contributed by atoms with Crippen molar-refractivity contribution in [2.24, 2.45) is 5.84 Å². The molecule has 0 atom stereocenters. The third-order valence-electron chi connectivity index (χ3n) is 2.89. The van der Waals surface area contributed by atoms with Gasteiger partial charge in [-0.25, -0.2) is 10.9 Å². The van der Waals surface area contributed by atoms with E-state index in [9.17, 15) is 14.9 Å². The topological polar surface area (TPSA) is 89.5 Å². The normalized spacial score (nSPS) is 10.1. The van der Waals surface area contributed by atoms with Crippen molar-refractivity contribution in [3.05, 3.63) is 69.8 Å². The van der Waals surface area contributed by atoms with E-state index in [1.54, 1.807) is 31.2 Å². The number of nitrogens with two attached hydrogens (primary N) is 1. The monoisotopic (exact) mass is 271 g/mol. The van der Waals surface area contributed by atoms with Gasteiger partial charge in [0.2, 0.25) is 0 Å². The predicted molar refractivity (Wildman–Crippen MR) is 75.3 cm³/mol. The van der Waals surface area contributed by atoms with Crippen LogP contribution in [-0.4, -0.2) is 10.8 Å². The van der Waals surface area contributed by atoms with Crippen molar-refractivity contribution >= 4 is 17.3 Å². The van der Waals surface area contributed by atoms with E-state index in [4.69, 9.17) is 5.84 Å². The molecule has 0 unspecified atom stereocenters. The van der Waals surface area contributed by atoms with Gasteiger partial charge < -0.3 is 0 Å². The minimum Gasteiger partial charge on any atom is -0.267 e. The van der Waals surface area contributed by atoms with E-state index >= 15 is 0 Å². The van der Waals surface area contributed by atoms with E-state index < -0.39 is 10.8 Å². The van der Waals surface area contributed by atoms with Crippen LogP contribution in [0, 0.1) is 17.0 Å². The Morgan fingerprint density at radius 1 is 1.20 bits per heavy atom. The minimum atomic E-state index is -0.485. The summed E-state index contributed by atoms with van der Waals surface area (Å²) in [5.74, 6) is 5.35. The maximum atomic E-state index is 12.2. The number of nitro benzene ring substituents is 1.